The molecule has 6 rings (SSSR count). The summed E-state index contributed by atoms with van der Waals surface area (Å²) in [5.41, 5.74) is 5.00. The molecule has 2 heterocycles. The van der Waals surface area contributed by atoms with E-state index in [1.54, 1.807) is 10.6 Å². The number of rotatable bonds is 7. The highest BCUT2D eigenvalue weighted by Gasteiger charge is 2.25. The predicted octanol–water partition coefficient (Wildman–Crippen LogP) is 6.94. The molecule has 6 heteroatoms. The van der Waals surface area contributed by atoms with Crippen molar-refractivity contribution in [3.05, 3.63) is 95.2 Å². The van der Waals surface area contributed by atoms with Gasteiger partial charge in [0.1, 0.15) is 12.4 Å². The molecule has 0 amide bonds. The van der Waals surface area contributed by atoms with Gasteiger partial charge in [0.25, 0.3) is 5.56 Å². The minimum absolute atomic E-state index is 0.0874. The topological polar surface area (TPSA) is 69.3 Å². The second kappa shape index (κ2) is 11.6. The first-order chi connectivity index (χ1) is 19.2. The zero-order valence-electron chi connectivity index (χ0n) is 22.4. The molecule has 2 aromatic heterocycles. The van der Waals surface area contributed by atoms with Crippen LogP contribution in [0.2, 0.25) is 0 Å². The number of nitrogens with zero attached hydrogens (tertiary/aromatic N) is 3. The summed E-state index contributed by atoms with van der Waals surface area (Å²) in [7, 11) is 0. The molecule has 6 nitrogen and oxygen atoms in total. The second-order valence-corrected chi connectivity index (χ2v) is 11.1. The highest BCUT2D eigenvalue weighted by molar-refractivity contribution is 5.70. The summed E-state index contributed by atoms with van der Waals surface area (Å²) in [6, 6.07) is 20.3. The zero-order chi connectivity index (χ0) is 26.6. The van der Waals surface area contributed by atoms with Crippen LogP contribution < -0.4 is 10.3 Å². The van der Waals surface area contributed by atoms with Crippen molar-refractivity contribution in [2.75, 3.05) is 0 Å². The summed E-state index contributed by atoms with van der Waals surface area (Å²) >= 11 is 0. The van der Waals surface area contributed by atoms with E-state index >= 15 is 0 Å². The third-order valence-corrected chi connectivity index (χ3v) is 8.43. The van der Waals surface area contributed by atoms with Crippen molar-refractivity contribution >= 4 is 0 Å². The molecule has 2 aliphatic rings. The van der Waals surface area contributed by atoms with Gasteiger partial charge in [-0.05, 0) is 54.5 Å². The fraction of sp³-hybridized carbons (Fsp3) is 0.394. The Hall–Kier alpha value is -3.64. The molecule has 0 aliphatic heterocycles. The number of benzene rings is 2. The Morgan fingerprint density at radius 2 is 1.62 bits per heavy atom. The molecule has 202 valence electrons. The summed E-state index contributed by atoms with van der Waals surface area (Å²) in [5.74, 6) is 0.741. The molecule has 0 bridgehead atoms. The summed E-state index contributed by atoms with van der Waals surface area (Å²) in [5, 5.41) is 15.1. The van der Waals surface area contributed by atoms with Gasteiger partial charge in [0.2, 0.25) is 0 Å². The number of para-hydroxylation sites is 1. The van der Waals surface area contributed by atoms with Crippen LogP contribution in [0.5, 0.6) is 5.75 Å². The van der Waals surface area contributed by atoms with Crippen LogP contribution in [-0.2, 0) is 6.61 Å². The number of hydrogen-bond acceptors (Lipinski definition) is 4. The second-order valence-electron chi connectivity index (χ2n) is 11.1. The monoisotopic (exact) mass is 523 g/mol. The molecule has 2 saturated carbocycles. The molecule has 2 fully saturated rings. The summed E-state index contributed by atoms with van der Waals surface area (Å²) in [6.45, 7) is 0.434. The summed E-state index contributed by atoms with van der Waals surface area (Å²) in [6.07, 6.45) is 15.5. The van der Waals surface area contributed by atoms with Crippen LogP contribution in [0.25, 0.3) is 22.3 Å². The van der Waals surface area contributed by atoms with E-state index in [1.807, 2.05) is 42.7 Å². The zero-order valence-corrected chi connectivity index (χ0v) is 22.4. The number of pyridine rings is 1. The lowest BCUT2D eigenvalue weighted by atomic mass is 9.92. The Morgan fingerprint density at radius 1 is 0.846 bits per heavy atom. The normalized spacial score (nSPS) is 20.1. The fourth-order valence-electron chi connectivity index (χ4n) is 6.17. The van der Waals surface area contributed by atoms with E-state index in [0.29, 0.717) is 12.6 Å². The van der Waals surface area contributed by atoms with Gasteiger partial charge in [0.05, 0.1) is 24.4 Å². The highest BCUT2D eigenvalue weighted by Crippen LogP contribution is 2.32. The van der Waals surface area contributed by atoms with Crippen LogP contribution in [0.3, 0.4) is 0 Å². The van der Waals surface area contributed by atoms with Crippen LogP contribution in [0, 0.1) is 0 Å². The number of ether oxygens (including phenoxy) is 1. The van der Waals surface area contributed by atoms with Crippen LogP contribution >= 0.6 is 0 Å². The predicted molar refractivity (Wildman–Crippen MR) is 154 cm³/mol. The van der Waals surface area contributed by atoms with Crippen LogP contribution in [-0.4, -0.2) is 25.6 Å². The molecule has 0 radical (unpaired) electrons. The van der Waals surface area contributed by atoms with E-state index < -0.39 is 6.10 Å². The van der Waals surface area contributed by atoms with E-state index in [-0.39, 0.29) is 11.6 Å². The molecule has 0 unspecified atom stereocenters. The van der Waals surface area contributed by atoms with E-state index in [2.05, 4.69) is 40.2 Å². The van der Waals surface area contributed by atoms with E-state index in [1.165, 1.54) is 32.1 Å². The van der Waals surface area contributed by atoms with Crippen LogP contribution in [0.4, 0.5) is 0 Å². The lowest BCUT2D eigenvalue weighted by Gasteiger charge is -2.29. The largest absolute Gasteiger partial charge is 0.488 e. The first kappa shape index (κ1) is 25.6. The molecule has 2 aromatic carbocycles. The van der Waals surface area contributed by atoms with Gasteiger partial charge in [0.15, 0.2) is 0 Å². The third kappa shape index (κ3) is 5.71. The van der Waals surface area contributed by atoms with Crippen molar-refractivity contribution in [1.29, 1.82) is 0 Å². The molecular formula is C33H37N3O3. The van der Waals surface area contributed by atoms with Gasteiger partial charge in [-0.3, -0.25) is 9.48 Å². The first-order valence-corrected chi connectivity index (χ1v) is 14.4. The van der Waals surface area contributed by atoms with Gasteiger partial charge < -0.3 is 14.4 Å². The maximum atomic E-state index is 13.0. The summed E-state index contributed by atoms with van der Waals surface area (Å²) in [4.78, 5) is 13.0. The van der Waals surface area contributed by atoms with E-state index in [4.69, 9.17) is 4.74 Å². The van der Waals surface area contributed by atoms with Crippen LogP contribution in [0.15, 0.2) is 84.0 Å². The Kier molecular flexibility index (Phi) is 7.64. The van der Waals surface area contributed by atoms with E-state index in [0.717, 1.165) is 59.3 Å². The van der Waals surface area contributed by atoms with Crippen molar-refractivity contribution in [3.63, 3.8) is 0 Å². The molecule has 0 saturated heterocycles. The SMILES string of the molecule is O=c1cc(-c2ccccc2OCc2ccc(-c3cnn(C4CCCCC4)c3)cc2)ccn1[C@H]1CCCC[C@@H]1O. The van der Waals surface area contributed by atoms with Crippen LogP contribution in [0.1, 0.15) is 75.4 Å². The maximum Gasteiger partial charge on any atom is 0.251 e. The first-order valence-electron chi connectivity index (χ1n) is 14.4. The minimum Gasteiger partial charge on any atom is -0.488 e. The number of aliphatic hydroxyl groups excluding tert-OH is 1. The number of hydrogen-bond donors (Lipinski definition) is 1. The van der Waals surface area contributed by atoms with Crippen molar-refractivity contribution in [2.24, 2.45) is 0 Å². The lowest BCUT2D eigenvalue weighted by molar-refractivity contribution is 0.0738. The maximum absolute atomic E-state index is 13.0. The summed E-state index contributed by atoms with van der Waals surface area (Å²) < 4.78 is 10.1. The molecule has 4 aromatic rings. The Morgan fingerprint density at radius 3 is 2.41 bits per heavy atom. The molecule has 2 atom stereocenters. The molecular weight excluding hydrogens is 486 g/mol. The lowest BCUT2D eigenvalue weighted by Crippen LogP contribution is -2.34. The molecule has 39 heavy (non-hydrogen) atoms. The van der Waals surface area contributed by atoms with Gasteiger partial charge in [-0.1, -0.05) is 74.6 Å². The molecule has 1 N–H and O–H groups in total. The highest BCUT2D eigenvalue weighted by atomic mass is 16.5. The molecule has 0 spiro atoms. The van der Waals surface area contributed by atoms with Gasteiger partial charge in [-0.2, -0.15) is 5.10 Å². The van der Waals surface area contributed by atoms with Crippen molar-refractivity contribution in [2.45, 2.75) is 82.6 Å². The van der Waals surface area contributed by atoms with Gasteiger partial charge >= 0.3 is 0 Å². The average Bonchev–Trinajstić information content (AvgIpc) is 3.48. The minimum atomic E-state index is -0.461. The van der Waals surface area contributed by atoms with Gasteiger partial charge in [-0.25, -0.2) is 0 Å². The van der Waals surface area contributed by atoms with Crippen molar-refractivity contribution in [3.8, 4) is 28.0 Å². The fourth-order valence-corrected chi connectivity index (χ4v) is 6.17. The number of aromatic nitrogens is 3. The smallest absolute Gasteiger partial charge is 0.251 e. The Labute approximate surface area is 229 Å². The molecule has 2 aliphatic carbocycles. The van der Waals surface area contributed by atoms with Gasteiger partial charge in [-0.15, -0.1) is 0 Å². The quantitative estimate of drug-likeness (QED) is 0.285. The third-order valence-electron chi connectivity index (χ3n) is 8.43. The van der Waals surface area contributed by atoms with Crippen molar-refractivity contribution < 1.29 is 9.84 Å². The average molecular weight is 524 g/mol. The van der Waals surface area contributed by atoms with Crippen molar-refractivity contribution in [1.82, 2.24) is 14.3 Å². The van der Waals surface area contributed by atoms with E-state index in [9.17, 15) is 9.90 Å². The number of aliphatic hydroxyl groups is 1. The Balaban J connectivity index is 1.14. The van der Waals surface area contributed by atoms with Gasteiger partial charge in [0, 0.05) is 29.6 Å². The Bertz CT molecular complexity index is 1450. The standard InChI is InChI=1S/C33H37N3O3/c37-31-12-6-5-11-30(31)35-19-18-26(20-33(35)38)29-10-4-7-13-32(29)39-23-24-14-16-25(17-15-24)27-21-34-36(22-27)28-8-2-1-3-9-28/h4,7,10,13-22,28,30-31,37H,1-3,5-6,8-9,11-12,23H2/t30-,31-/m0/s1.